The number of amides is 2. The molecule has 0 saturated carbocycles. The van der Waals surface area contributed by atoms with Gasteiger partial charge in [-0.05, 0) is 43.7 Å². The van der Waals surface area contributed by atoms with Crippen molar-refractivity contribution in [3.05, 3.63) is 59.3 Å². The first-order valence-electron chi connectivity index (χ1n) is 8.66. The molecule has 0 radical (unpaired) electrons. The smallest absolute Gasteiger partial charge is 0.278 e. The maximum absolute atomic E-state index is 12.9. The molecule has 3 rings (SSSR count). The Hall–Kier alpha value is -3.28. The summed E-state index contributed by atoms with van der Waals surface area (Å²) in [6.45, 7) is 4.06. The first-order valence-corrected chi connectivity index (χ1v) is 8.66. The van der Waals surface area contributed by atoms with E-state index in [1.807, 2.05) is 31.2 Å². The molecule has 27 heavy (non-hydrogen) atoms. The first kappa shape index (κ1) is 18.5. The van der Waals surface area contributed by atoms with E-state index in [1.54, 1.807) is 32.2 Å². The molecule has 0 aromatic heterocycles. The summed E-state index contributed by atoms with van der Waals surface area (Å²) in [5, 5.41) is 3.12. The van der Waals surface area contributed by atoms with E-state index in [-0.39, 0.29) is 17.5 Å². The first-order chi connectivity index (χ1) is 13.0. The van der Waals surface area contributed by atoms with E-state index >= 15 is 0 Å². The standard InChI is InChI=1S/C21H22N2O4/c1-5-23-20(24)18(14-8-11-16(26-3)17(12-14)27-4)19(21(23)25)22-15-9-6-13(2)7-10-15/h6-12,22H,5H2,1-4H3. The summed E-state index contributed by atoms with van der Waals surface area (Å²) in [5.74, 6) is 0.378. The van der Waals surface area contributed by atoms with Gasteiger partial charge in [0, 0.05) is 12.2 Å². The van der Waals surface area contributed by atoms with Gasteiger partial charge in [0.05, 0.1) is 19.8 Å². The maximum atomic E-state index is 12.9. The normalized spacial score (nSPS) is 14.0. The Kier molecular flexibility index (Phi) is 5.16. The fraction of sp³-hybridized carbons (Fsp3) is 0.238. The van der Waals surface area contributed by atoms with E-state index in [1.165, 1.54) is 12.0 Å². The molecule has 1 heterocycles. The minimum absolute atomic E-state index is 0.262. The highest BCUT2D eigenvalue weighted by Crippen LogP contribution is 2.35. The van der Waals surface area contributed by atoms with Crippen LogP contribution in [0.25, 0.3) is 5.57 Å². The molecule has 0 unspecified atom stereocenters. The molecule has 0 spiro atoms. The lowest BCUT2D eigenvalue weighted by Gasteiger charge is -2.12. The van der Waals surface area contributed by atoms with Crippen LogP contribution in [0.2, 0.25) is 0 Å². The number of carbonyl (C=O) groups is 2. The van der Waals surface area contributed by atoms with Crippen LogP contribution in [0.3, 0.4) is 0 Å². The Morgan fingerprint density at radius 3 is 2.19 bits per heavy atom. The van der Waals surface area contributed by atoms with Gasteiger partial charge in [-0.2, -0.15) is 0 Å². The monoisotopic (exact) mass is 366 g/mol. The lowest BCUT2D eigenvalue weighted by atomic mass is 10.0. The van der Waals surface area contributed by atoms with Crippen LogP contribution in [-0.2, 0) is 9.59 Å². The number of rotatable bonds is 6. The molecule has 1 aliphatic rings. The van der Waals surface area contributed by atoms with Crippen LogP contribution >= 0.6 is 0 Å². The lowest BCUT2D eigenvalue weighted by molar-refractivity contribution is -0.136. The van der Waals surface area contributed by atoms with Crippen LogP contribution in [0.1, 0.15) is 18.1 Å². The minimum Gasteiger partial charge on any atom is -0.493 e. The summed E-state index contributed by atoms with van der Waals surface area (Å²) in [6, 6.07) is 12.8. The largest absolute Gasteiger partial charge is 0.493 e. The van der Waals surface area contributed by atoms with Gasteiger partial charge in [-0.25, -0.2) is 0 Å². The van der Waals surface area contributed by atoms with Crippen molar-refractivity contribution in [3.8, 4) is 11.5 Å². The molecule has 0 atom stereocenters. The van der Waals surface area contributed by atoms with Crippen LogP contribution in [0, 0.1) is 6.92 Å². The summed E-state index contributed by atoms with van der Waals surface area (Å²) in [6.07, 6.45) is 0. The van der Waals surface area contributed by atoms with Crippen LogP contribution < -0.4 is 14.8 Å². The minimum atomic E-state index is -0.340. The second kappa shape index (κ2) is 7.53. The number of anilines is 1. The molecule has 0 aliphatic carbocycles. The number of likely N-dealkylation sites (N-methyl/N-ethyl adjacent to an activating group) is 1. The third-order valence-electron chi connectivity index (χ3n) is 4.48. The average molecular weight is 366 g/mol. The summed E-state index contributed by atoms with van der Waals surface area (Å²) >= 11 is 0. The zero-order valence-electron chi connectivity index (χ0n) is 15.8. The third-order valence-corrected chi connectivity index (χ3v) is 4.48. The van der Waals surface area contributed by atoms with E-state index in [4.69, 9.17) is 9.47 Å². The van der Waals surface area contributed by atoms with E-state index in [2.05, 4.69) is 5.32 Å². The Bertz CT molecular complexity index is 916. The van der Waals surface area contributed by atoms with Gasteiger partial charge in [-0.3, -0.25) is 14.5 Å². The number of hydrogen-bond acceptors (Lipinski definition) is 5. The number of nitrogens with zero attached hydrogens (tertiary/aromatic N) is 1. The topological polar surface area (TPSA) is 67.9 Å². The highest BCUT2D eigenvalue weighted by Gasteiger charge is 2.38. The predicted molar refractivity (Wildman–Crippen MR) is 104 cm³/mol. The van der Waals surface area contributed by atoms with Gasteiger partial charge in [0.25, 0.3) is 11.8 Å². The highest BCUT2D eigenvalue weighted by atomic mass is 16.5. The van der Waals surface area contributed by atoms with Crippen LogP contribution in [0.4, 0.5) is 5.69 Å². The number of ether oxygens (including phenoxy) is 2. The van der Waals surface area contributed by atoms with Crippen molar-refractivity contribution in [1.82, 2.24) is 4.90 Å². The molecule has 0 bridgehead atoms. The van der Waals surface area contributed by atoms with Crippen LogP contribution in [0.5, 0.6) is 11.5 Å². The zero-order chi connectivity index (χ0) is 19.6. The lowest BCUT2D eigenvalue weighted by Crippen LogP contribution is -2.32. The number of methoxy groups -OCH3 is 2. The SMILES string of the molecule is CCN1C(=O)C(Nc2ccc(C)cc2)=C(c2ccc(OC)c(OC)c2)C1=O. The van der Waals surface area contributed by atoms with Gasteiger partial charge in [0.1, 0.15) is 5.70 Å². The Morgan fingerprint density at radius 1 is 0.926 bits per heavy atom. The number of imide groups is 1. The van der Waals surface area contributed by atoms with Gasteiger partial charge in [0.2, 0.25) is 0 Å². The molecule has 2 aromatic rings. The molecular weight excluding hydrogens is 344 g/mol. The quantitative estimate of drug-likeness (QED) is 0.795. The summed E-state index contributed by atoms with van der Waals surface area (Å²) in [4.78, 5) is 26.9. The van der Waals surface area contributed by atoms with Crippen molar-refractivity contribution in [2.75, 3.05) is 26.1 Å². The van der Waals surface area contributed by atoms with Crippen LogP contribution in [0.15, 0.2) is 48.2 Å². The molecule has 6 nitrogen and oxygen atoms in total. The number of carbonyl (C=O) groups excluding carboxylic acids is 2. The molecule has 140 valence electrons. The molecule has 0 fully saturated rings. The van der Waals surface area contributed by atoms with E-state index < -0.39 is 0 Å². The molecule has 6 heteroatoms. The van der Waals surface area contributed by atoms with Crippen molar-refractivity contribution in [3.63, 3.8) is 0 Å². The molecular formula is C21H22N2O4. The summed E-state index contributed by atoms with van der Waals surface area (Å²) in [5.41, 5.74) is 3.03. The molecule has 1 N–H and O–H groups in total. The number of hydrogen-bond donors (Lipinski definition) is 1. The summed E-state index contributed by atoms with van der Waals surface area (Å²) < 4.78 is 10.6. The molecule has 2 aromatic carbocycles. The predicted octanol–water partition coefficient (Wildman–Crippen LogP) is 3.22. The molecule has 0 saturated heterocycles. The van der Waals surface area contributed by atoms with Gasteiger partial charge in [-0.1, -0.05) is 23.8 Å². The third kappa shape index (κ3) is 3.38. The zero-order valence-corrected chi connectivity index (χ0v) is 15.8. The van der Waals surface area contributed by atoms with Crippen LogP contribution in [-0.4, -0.2) is 37.5 Å². The average Bonchev–Trinajstić information content (AvgIpc) is 2.92. The van der Waals surface area contributed by atoms with E-state index in [0.717, 1.165) is 11.3 Å². The van der Waals surface area contributed by atoms with Gasteiger partial charge in [-0.15, -0.1) is 0 Å². The fourth-order valence-electron chi connectivity index (χ4n) is 3.02. The second-order valence-electron chi connectivity index (χ2n) is 6.17. The van der Waals surface area contributed by atoms with Crippen molar-refractivity contribution >= 4 is 23.1 Å². The van der Waals surface area contributed by atoms with Crippen molar-refractivity contribution in [2.24, 2.45) is 0 Å². The Balaban J connectivity index is 2.10. The van der Waals surface area contributed by atoms with Gasteiger partial charge >= 0.3 is 0 Å². The number of aryl methyl sites for hydroxylation is 1. The van der Waals surface area contributed by atoms with Gasteiger partial charge in [0.15, 0.2) is 11.5 Å². The fourth-order valence-corrected chi connectivity index (χ4v) is 3.02. The van der Waals surface area contributed by atoms with Crippen molar-refractivity contribution in [1.29, 1.82) is 0 Å². The molecule has 2 amide bonds. The van der Waals surface area contributed by atoms with Crippen molar-refractivity contribution in [2.45, 2.75) is 13.8 Å². The Morgan fingerprint density at radius 2 is 1.59 bits per heavy atom. The maximum Gasteiger partial charge on any atom is 0.278 e. The van der Waals surface area contributed by atoms with Crippen molar-refractivity contribution < 1.29 is 19.1 Å². The Labute approximate surface area is 158 Å². The number of benzene rings is 2. The number of nitrogens with one attached hydrogen (secondary N) is 1. The van der Waals surface area contributed by atoms with E-state index in [9.17, 15) is 9.59 Å². The van der Waals surface area contributed by atoms with E-state index in [0.29, 0.717) is 29.2 Å². The molecule has 1 aliphatic heterocycles. The summed E-state index contributed by atoms with van der Waals surface area (Å²) in [7, 11) is 3.08. The highest BCUT2D eigenvalue weighted by molar-refractivity contribution is 6.36. The second-order valence-corrected chi connectivity index (χ2v) is 6.17. The van der Waals surface area contributed by atoms with Gasteiger partial charge < -0.3 is 14.8 Å².